The molecule has 2 aliphatic rings. The lowest BCUT2D eigenvalue weighted by Gasteiger charge is -2.31. The molecule has 1 heterocycles. The van der Waals surface area contributed by atoms with E-state index in [9.17, 15) is 35.9 Å². The Morgan fingerprint density at radius 2 is 1.94 bits per heavy atom. The molecule has 0 aromatic heterocycles. The number of ether oxygens (including phenoxy) is 1. The number of nitrogens with zero attached hydrogens (tertiary/aromatic N) is 2. The zero-order valence-electron chi connectivity index (χ0n) is 17.5. The zero-order chi connectivity index (χ0) is 24.4. The van der Waals surface area contributed by atoms with E-state index < -0.39 is 54.5 Å². The zero-order valence-corrected chi connectivity index (χ0v) is 17.5. The van der Waals surface area contributed by atoms with E-state index in [4.69, 9.17) is 10.5 Å². The maximum absolute atomic E-state index is 13.7. The number of morpholine rings is 1. The molecule has 7 nitrogen and oxygen atoms in total. The summed E-state index contributed by atoms with van der Waals surface area (Å²) >= 11 is 0. The molecule has 0 unspecified atom stereocenters. The Kier molecular flexibility index (Phi) is 7.54. The van der Waals surface area contributed by atoms with Crippen LogP contribution < -0.4 is 16.0 Å². The molecule has 3 rings (SSSR count). The van der Waals surface area contributed by atoms with Crippen molar-refractivity contribution in [1.82, 2.24) is 4.90 Å². The number of hydrogen-bond donors (Lipinski definition) is 2. The summed E-state index contributed by atoms with van der Waals surface area (Å²) in [7, 11) is 0. The van der Waals surface area contributed by atoms with Crippen molar-refractivity contribution in [3.63, 3.8) is 0 Å². The molecule has 3 N–H and O–H groups in total. The Labute approximate surface area is 185 Å². The van der Waals surface area contributed by atoms with Crippen LogP contribution in [0, 0.1) is 5.92 Å². The van der Waals surface area contributed by atoms with Gasteiger partial charge in [-0.15, -0.1) is 0 Å². The van der Waals surface area contributed by atoms with Crippen LogP contribution in [0.25, 0.3) is 0 Å². The molecule has 1 atom stereocenters. The highest BCUT2D eigenvalue weighted by molar-refractivity contribution is 5.98. The number of nitrogens with one attached hydrogen (secondary N) is 1. The van der Waals surface area contributed by atoms with E-state index in [-0.39, 0.29) is 37.9 Å². The normalized spacial score (nSPS) is 18.5. The number of hydrogen-bond acceptors (Lipinski definition) is 5. The minimum atomic E-state index is -4.85. The Hall–Kier alpha value is -2.38. The van der Waals surface area contributed by atoms with Gasteiger partial charge in [0.05, 0.1) is 24.4 Å². The van der Waals surface area contributed by atoms with Crippen LogP contribution in [0.1, 0.15) is 18.4 Å². The van der Waals surface area contributed by atoms with Crippen molar-refractivity contribution in [3.8, 4) is 0 Å². The summed E-state index contributed by atoms with van der Waals surface area (Å²) in [4.78, 5) is 26.6. The Balaban J connectivity index is 1.83. The number of benzene rings is 1. The summed E-state index contributed by atoms with van der Waals surface area (Å²) in [6.07, 6.45) is -7.94. The van der Waals surface area contributed by atoms with Gasteiger partial charge < -0.3 is 20.7 Å². The molecular formula is C20H24F6N4O3. The van der Waals surface area contributed by atoms with Gasteiger partial charge in [0.2, 0.25) is 5.91 Å². The summed E-state index contributed by atoms with van der Waals surface area (Å²) < 4.78 is 85.1. The number of carbonyl (C=O) groups is 2. The second kappa shape index (κ2) is 9.85. The average Bonchev–Trinajstić information content (AvgIpc) is 3.51. The number of amides is 2. The van der Waals surface area contributed by atoms with E-state index >= 15 is 0 Å². The molecule has 13 heteroatoms. The Morgan fingerprint density at radius 3 is 2.48 bits per heavy atom. The molecule has 1 aliphatic carbocycles. The first kappa shape index (κ1) is 25.2. The fourth-order valence-electron chi connectivity index (χ4n) is 3.66. The fourth-order valence-corrected chi connectivity index (χ4v) is 3.66. The summed E-state index contributed by atoms with van der Waals surface area (Å²) in [5.41, 5.74) is 3.75. The number of halogens is 6. The van der Waals surface area contributed by atoms with Crippen molar-refractivity contribution >= 4 is 23.2 Å². The average molecular weight is 482 g/mol. The minimum Gasteiger partial charge on any atom is -0.370 e. The predicted octanol–water partition coefficient (Wildman–Crippen LogP) is 2.61. The van der Waals surface area contributed by atoms with Crippen LogP contribution in [0.3, 0.4) is 0 Å². The highest BCUT2D eigenvalue weighted by Crippen LogP contribution is 2.39. The van der Waals surface area contributed by atoms with Gasteiger partial charge in [0, 0.05) is 25.3 Å². The first-order chi connectivity index (χ1) is 15.4. The maximum Gasteiger partial charge on any atom is 0.418 e. The molecular weight excluding hydrogens is 458 g/mol. The van der Waals surface area contributed by atoms with Gasteiger partial charge in [0.15, 0.2) is 0 Å². The van der Waals surface area contributed by atoms with E-state index in [1.807, 2.05) is 0 Å². The number of carbonyl (C=O) groups excluding carboxylic acids is 2. The molecule has 1 aromatic carbocycles. The summed E-state index contributed by atoms with van der Waals surface area (Å²) in [5, 5.41) is 2.25. The standard InChI is InChI=1S/C20H24F6N4O3/c21-19(22,23)11-29(9-12-1-2-12)16(8-27)18(32)28-13-3-4-15(14(7-13)20(24,25)26)30-5-6-33-10-17(30)31/h3-4,7,12,16H,1-2,5-6,8-11,27H2,(H,28,32)/t16-/m0/s1. The number of alkyl halides is 6. The molecule has 0 radical (unpaired) electrons. The molecule has 1 saturated carbocycles. The van der Waals surface area contributed by atoms with Crippen molar-refractivity contribution in [3.05, 3.63) is 23.8 Å². The third-order valence-corrected chi connectivity index (χ3v) is 5.38. The lowest BCUT2D eigenvalue weighted by molar-refractivity contribution is -0.154. The van der Waals surface area contributed by atoms with Crippen molar-refractivity contribution < 1.29 is 40.7 Å². The van der Waals surface area contributed by atoms with Gasteiger partial charge in [-0.2, -0.15) is 26.3 Å². The van der Waals surface area contributed by atoms with E-state index in [1.54, 1.807) is 0 Å². The van der Waals surface area contributed by atoms with Gasteiger partial charge in [-0.25, -0.2) is 0 Å². The molecule has 1 aromatic rings. The third-order valence-electron chi connectivity index (χ3n) is 5.38. The molecule has 0 spiro atoms. The van der Waals surface area contributed by atoms with Crippen molar-refractivity contribution in [2.45, 2.75) is 31.2 Å². The lowest BCUT2D eigenvalue weighted by atomic mass is 10.1. The number of anilines is 2. The van der Waals surface area contributed by atoms with Crippen LogP contribution in [0.2, 0.25) is 0 Å². The molecule has 0 bridgehead atoms. The van der Waals surface area contributed by atoms with Crippen LogP contribution in [-0.4, -0.2) is 68.3 Å². The highest BCUT2D eigenvalue weighted by atomic mass is 19.4. The number of nitrogens with two attached hydrogens (primary N) is 1. The highest BCUT2D eigenvalue weighted by Gasteiger charge is 2.40. The van der Waals surface area contributed by atoms with Crippen LogP contribution >= 0.6 is 0 Å². The van der Waals surface area contributed by atoms with Crippen molar-refractivity contribution in [1.29, 1.82) is 0 Å². The van der Waals surface area contributed by atoms with E-state index in [0.29, 0.717) is 6.07 Å². The molecule has 33 heavy (non-hydrogen) atoms. The van der Waals surface area contributed by atoms with Crippen LogP contribution in [0.15, 0.2) is 18.2 Å². The van der Waals surface area contributed by atoms with Gasteiger partial charge in [0.1, 0.15) is 12.6 Å². The quantitative estimate of drug-likeness (QED) is 0.557. The predicted molar refractivity (Wildman–Crippen MR) is 106 cm³/mol. The Bertz CT molecular complexity index is 872. The molecule has 1 aliphatic heterocycles. The summed E-state index contributed by atoms with van der Waals surface area (Å²) in [6.45, 7) is -2.15. The van der Waals surface area contributed by atoms with E-state index in [0.717, 1.165) is 34.8 Å². The van der Waals surface area contributed by atoms with Crippen LogP contribution in [-0.2, 0) is 20.5 Å². The summed E-state index contributed by atoms with van der Waals surface area (Å²) in [6, 6.07) is 1.48. The smallest absolute Gasteiger partial charge is 0.370 e. The first-order valence-electron chi connectivity index (χ1n) is 10.3. The van der Waals surface area contributed by atoms with Crippen molar-refractivity contribution in [2.24, 2.45) is 11.7 Å². The molecule has 2 fully saturated rings. The van der Waals surface area contributed by atoms with Crippen LogP contribution in [0.5, 0.6) is 0 Å². The third kappa shape index (κ3) is 6.81. The van der Waals surface area contributed by atoms with Crippen LogP contribution in [0.4, 0.5) is 37.7 Å². The maximum atomic E-state index is 13.7. The largest absolute Gasteiger partial charge is 0.418 e. The van der Waals surface area contributed by atoms with E-state index in [2.05, 4.69) is 5.32 Å². The topological polar surface area (TPSA) is 87.9 Å². The van der Waals surface area contributed by atoms with Gasteiger partial charge in [-0.3, -0.25) is 14.5 Å². The Morgan fingerprint density at radius 1 is 1.24 bits per heavy atom. The van der Waals surface area contributed by atoms with Gasteiger partial charge in [-0.1, -0.05) is 0 Å². The van der Waals surface area contributed by atoms with Gasteiger partial charge >= 0.3 is 12.4 Å². The SMILES string of the molecule is NC[C@@H](C(=O)Nc1ccc(N2CCOCC2=O)c(C(F)(F)F)c1)N(CC1CC1)CC(F)(F)F. The fraction of sp³-hybridized carbons (Fsp3) is 0.600. The molecule has 1 saturated heterocycles. The number of rotatable bonds is 8. The van der Waals surface area contributed by atoms with Gasteiger partial charge in [0.25, 0.3) is 5.91 Å². The monoisotopic (exact) mass is 482 g/mol. The first-order valence-corrected chi connectivity index (χ1v) is 10.3. The lowest BCUT2D eigenvalue weighted by Crippen LogP contribution is -2.52. The molecule has 2 amide bonds. The van der Waals surface area contributed by atoms with Gasteiger partial charge in [-0.05, 0) is 37.0 Å². The molecule has 184 valence electrons. The second-order valence-electron chi connectivity index (χ2n) is 8.06. The summed E-state index contributed by atoms with van der Waals surface area (Å²) in [5.74, 6) is -1.56. The minimum absolute atomic E-state index is 0.0146. The van der Waals surface area contributed by atoms with E-state index in [1.165, 1.54) is 0 Å². The van der Waals surface area contributed by atoms with Crippen molar-refractivity contribution in [2.75, 3.05) is 49.6 Å². The second-order valence-corrected chi connectivity index (χ2v) is 8.06.